The van der Waals surface area contributed by atoms with Gasteiger partial charge < -0.3 is 4.57 Å². The number of fused-ring (bicyclic) bond motifs is 15. The highest BCUT2D eigenvalue weighted by molar-refractivity contribution is 6.30. The second-order valence-corrected chi connectivity index (χ2v) is 12.4. The van der Waals surface area contributed by atoms with Gasteiger partial charge in [0.1, 0.15) is 0 Å². The number of aromatic nitrogens is 1. The van der Waals surface area contributed by atoms with Gasteiger partial charge in [-0.15, -0.1) is 0 Å². The average Bonchev–Trinajstić information content (AvgIpc) is 3.63. The summed E-state index contributed by atoms with van der Waals surface area (Å²) in [5, 5.41) is 15.6. The molecule has 0 saturated heterocycles. The van der Waals surface area contributed by atoms with Gasteiger partial charge in [0.2, 0.25) is 0 Å². The zero-order chi connectivity index (χ0) is 29.2. The van der Waals surface area contributed by atoms with Crippen molar-refractivity contribution in [3.05, 3.63) is 152 Å². The van der Waals surface area contributed by atoms with Crippen LogP contribution in [0, 0.1) is 0 Å². The van der Waals surface area contributed by atoms with Crippen molar-refractivity contribution in [2.75, 3.05) is 0 Å². The van der Waals surface area contributed by atoms with Gasteiger partial charge in [-0.2, -0.15) is 0 Å². The van der Waals surface area contributed by atoms with Crippen LogP contribution in [0.5, 0.6) is 0 Å². The molecule has 0 amide bonds. The molecule has 0 atom stereocenters. The van der Waals surface area contributed by atoms with Crippen LogP contribution in [0.3, 0.4) is 0 Å². The predicted octanol–water partition coefficient (Wildman–Crippen LogP) is 12.2. The van der Waals surface area contributed by atoms with E-state index in [4.69, 9.17) is 0 Å². The van der Waals surface area contributed by atoms with Crippen LogP contribution in [0.15, 0.2) is 152 Å². The van der Waals surface area contributed by atoms with E-state index in [0.717, 1.165) is 0 Å². The molecule has 0 spiro atoms. The summed E-state index contributed by atoms with van der Waals surface area (Å²) < 4.78 is 2.56. The maximum Gasteiger partial charge on any atom is 0.0620 e. The molecule has 206 valence electrons. The molecule has 0 fully saturated rings. The lowest BCUT2D eigenvalue weighted by atomic mass is 9.94. The van der Waals surface area contributed by atoms with Gasteiger partial charge in [-0.25, -0.2) is 0 Å². The van der Waals surface area contributed by atoms with Crippen LogP contribution in [0.4, 0.5) is 0 Å². The Morgan fingerprint density at radius 3 is 1.58 bits per heavy atom. The average molecular weight is 568 g/mol. The molecule has 1 heterocycles. The first kappa shape index (κ1) is 23.5. The summed E-state index contributed by atoms with van der Waals surface area (Å²) in [6.07, 6.45) is 0. The van der Waals surface area contributed by atoms with E-state index in [2.05, 4.69) is 156 Å². The van der Waals surface area contributed by atoms with Crippen molar-refractivity contribution in [1.82, 2.24) is 4.57 Å². The van der Waals surface area contributed by atoms with Gasteiger partial charge in [-0.1, -0.05) is 133 Å². The first-order chi connectivity index (χ1) is 22.3. The first-order valence-corrected chi connectivity index (χ1v) is 15.7. The van der Waals surface area contributed by atoms with Crippen molar-refractivity contribution in [1.29, 1.82) is 0 Å². The maximum atomic E-state index is 2.56. The van der Waals surface area contributed by atoms with Gasteiger partial charge in [0.05, 0.1) is 11.0 Å². The Labute approximate surface area is 259 Å². The van der Waals surface area contributed by atoms with Crippen LogP contribution < -0.4 is 0 Å². The van der Waals surface area contributed by atoms with Gasteiger partial charge in [0, 0.05) is 27.2 Å². The Morgan fingerprint density at radius 1 is 0.289 bits per heavy atom. The van der Waals surface area contributed by atoms with Gasteiger partial charge in [0.15, 0.2) is 0 Å². The Bertz CT molecular complexity index is 2890. The molecule has 0 N–H and O–H groups in total. The summed E-state index contributed by atoms with van der Waals surface area (Å²) in [5.41, 5.74) is 9.07. The van der Waals surface area contributed by atoms with Crippen LogP contribution in [-0.4, -0.2) is 4.57 Å². The summed E-state index contributed by atoms with van der Waals surface area (Å²) in [6.45, 7) is 0. The molecule has 45 heavy (non-hydrogen) atoms. The zero-order valence-electron chi connectivity index (χ0n) is 24.4. The minimum atomic E-state index is 1.19. The molecule has 0 bridgehead atoms. The quantitative estimate of drug-likeness (QED) is 0.174. The first-order valence-electron chi connectivity index (χ1n) is 15.7. The summed E-state index contributed by atoms with van der Waals surface area (Å²) >= 11 is 0. The normalized spacial score (nSPS) is 12.4. The second kappa shape index (κ2) is 8.37. The highest BCUT2D eigenvalue weighted by Crippen LogP contribution is 2.51. The SMILES string of the molecule is c1ccc2c(c1)-c1cccc3c1c-2cc1c2ccc4ccccc4c2n(-c2ccc4c5ccccc5c5ccccc5c4c2)c31. The number of hydrogen-bond donors (Lipinski definition) is 0. The highest BCUT2D eigenvalue weighted by atomic mass is 15.0. The lowest BCUT2D eigenvalue weighted by molar-refractivity contribution is 1.20. The molecule has 0 unspecified atom stereocenters. The van der Waals surface area contributed by atoms with Crippen LogP contribution in [-0.2, 0) is 0 Å². The van der Waals surface area contributed by atoms with Crippen molar-refractivity contribution in [2.45, 2.75) is 0 Å². The number of nitrogens with zero attached hydrogens (tertiary/aromatic N) is 1. The van der Waals surface area contributed by atoms with Crippen LogP contribution >= 0.6 is 0 Å². The Morgan fingerprint density at radius 2 is 0.822 bits per heavy atom. The third-order valence-electron chi connectivity index (χ3n) is 10.3. The molecule has 9 aromatic carbocycles. The fraction of sp³-hybridized carbons (Fsp3) is 0. The Kier molecular flexibility index (Phi) is 4.38. The molecule has 0 aliphatic heterocycles. The van der Waals surface area contributed by atoms with E-state index >= 15 is 0 Å². The summed E-state index contributed by atoms with van der Waals surface area (Å²) in [7, 11) is 0. The number of benzene rings is 9. The monoisotopic (exact) mass is 567 g/mol. The van der Waals surface area contributed by atoms with E-state index in [1.54, 1.807) is 0 Å². The van der Waals surface area contributed by atoms with Crippen molar-refractivity contribution < 1.29 is 0 Å². The molecule has 10 aromatic rings. The summed E-state index contributed by atoms with van der Waals surface area (Å²) in [6, 6.07) is 56.5. The fourth-order valence-electron chi connectivity index (χ4n) is 8.42. The van der Waals surface area contributed by atoms with Gasteiger partial charge in [-0.05, 0) is 83.5 Å². The predicted molar refractivity (Wildman–Crippen MR) is 193 cm³/mol. The van der Waals surface area contributed by atoms with Crippen molar-refractivity contribution in [3.8, 4) is 27.9 Å². The molecule has 1 aromatic heterocycles. The lowest BCUT2D eigenvalue weighted by Crippen LogP contribution is -1.96. The molecular weight excluding hydrogens is 542 g/mol. The molecule has 11 rings (SSSR count). The van der Waals surface area contributed by atoms with E-state index in [-0.39, 0.29) is 0 Å². The fourth-order valence-corrected chi connectivity index (χ4v) is 8.42. The van der Waals surface area contributed by atoms with E-state index in [0.29, 0.717) is 0 Å². The van der Waals surface area contributed by atoms with E-state index < -0.39 is 0 Å². The molecular formula is C44H25N. The lowest BCUT2D eigenvalue weighted by Gasteiger charge is -2.15. The van der Waals surface area contributed by atoms with E-state index in [1.807, 2.05) is 0 Å². The van der Waals surface area contributed by atoms with Gasteiger partial charge in [-0.3, -0.25) is 0 Å². The smallest absolute Gasteiger partial charge is 0.0620 e. The number of hydrogen-bond acceptors (Lipinski definition) is 0. The maximum absolute atomic E-state index is 2.56. The third kappa shape index (κ3) is 2.93. The second-order valence-electron chi connectivity index (χ2n) is 12.4. The largest absolute Gasteiger partial charge is 0.308 e. The Hall–Kier alpha value is -5.92. The van der Waals surface area contributed by atoms with E-state index in [9.17, 15) is 0 Å². The standard InChI is InChI=1S/C44H25N/c1-2-11-28-26(10-1)20-22-37-41-25-40-34-17-8-6-15-32(34)36-18-9-19-38(42(36)40)44(41)45(43(28)37)27-21-23-35-31-14-4-3-12-29(31)30-13-5-7-16-33(30)39(35)24-27/h1-25H. The molecule has 1 heteroatoms. The minimum Gasteiger partial charge on any atom is -0.308 e. The third-order valence-corrected chi connectivity index (χ3v) is 10.3. The van der Waals surface area contributed by atoms with Crippen molar-refractivity contribution in [2.24, 2.45) is 0 Å². The molecule has 0 radical (unpaired) electrons. The zero-order valence-corrected chi connectivity index (χ0v) is 24.4. The number of rotatable bonds is 1. The molecule has 1 nitrogen and oxygen atoms in total. The van der Waals surface area contributed by atoms with Crippen LogP contribution in [0.25, 0.3) is 104 Å². The van der Waals surface area contributed by atoms with Crippen molar-refractivity contribution in [3.63, 3.8) is 0 Å². The Balaban J connectivity index is 1.37. The molecule has 1 aliphatic carbocycles. The highest BCUT2D eigenvalue weighted by Gasteiger charge is 2.26. The summed E-state index contributed by atoms with van der Waals surface area (Å²) in [5.74, 6) is 0. The van der Waals surface area contributed by atoms with Crippen LogP contribution in [0.1, 0.15) is 0 Å². The topological polar surface area (TPSA) is 4.93 Å². The van der Waals surface area contributed by atoms with Crippen molar-refractivity contribution >= 4 is 75.7 Å². The molecule has 0 saturated carbocycles. The van der Waals surface area contributed by atoms with E-state index in [1.165, 1.54) is 104 Å². The molecule has 1 aliphatic rings. The van der Waals surface area contributed by atoms with Gasteiger partial charge >= 0.3 is 0 Å². The minimum absolute atomic E-state index is 1.19. The van der Waals surface area contributed by atoms with Gasteiger partial charge in [0.25, 0.3) is 0 Å². The summed E-state index contributed by atoms with van der Waals surface area (Å²) in [4.78, 5) is 0. The van der Waals surface area contributed by atoms with Crippen LogP contribution in [0.2, 0.25) is 0 Å².